The lowest BCUT2D eigenvalue weighted by atomic mass is 10.2. The second-order valence-electron chi connectivity index (χ2n) is 4.10. The maximum Gasteiger partial charge on any atom is 0.419 e. The van der Waals surface area contributed by atoms with Crippen molar-refractivity contribution in [1.82, 2.24) is 15.3 Å². The average Bonchev–Trinajstić information content (AvgIpc) is 3.05. The van der Waals surface area contributed by atoms with Crippen molar-refractivity contribution in [2.75, 3.05) is 0 Å². The van der Waals surface area contributed by atoms with Crippen LogP contribution in [0.2, 0.25) is 0 Å². The van der Waals surface area contributed by atoms with Crippen molar-refractivity contribution < 1.29 is 27.3 Å². The molecule has 110 valence electrons. The van der Waals surface area contributed by atoms with Gasteiger partial charge in [0.2, 0.25) is 0 Å². The van der Waals surface area contributed by atoms with Crippen LogP contribution in [0.4, 0.5) is 17.6 Å². The lowest BCUT2D eigenvalue weighted by Gasteiger charge is -2.11. The molecule has 0 spiro atoms. The number of nitrogens with zero attached hydrogens (tertiary/aromatic N) is 3. The van der Waals surface area contributed by atoms with Crippen LogP contribution in [-0.2, 0) is 0 Å². The summed E-state index contributed by atoms with van der Waals surface area (Å²) in [6, 6.07) is 2.45. The monoisotopic (exact) mass is 319 g/mol. The third-order valence-corrected chi connectivity index (χ3v) is 3.76. The van der Waals surface area contributed by atoms with E-state index in [9.17, 15) is 17.6 Å². The molecule has 1 aromatic carbocycles. The molecule has 1 N–H and O–H groups in total. The van der Waals surface area contributed by atoms with E-state index in [1.807, 2.05) is 0 Å². The van der Waals surface area contributed by atoms with E-state index in [-0.39, 0.29) is 26.5 Å². The van der Waals surface area contributed by atoms with Gasteiger partial charge in [0.25, 0.3) is 0 Å². The van der Waals surface area contributed by atoms with Crippen LogP contribution in [0.1, 0.15) is 11.0 Å². The van der Waals surface area contributed by atoms with Crippen LogP contribution < -0.4 is 0 Å². The van der Waals surface area contributed by atoms with Gasteiger partial charge >= 0.3 is 6.18 Å². The molecular weight excluding hydrogens is 314 g/mol. The Morgan fingerprint density at radius 2 is 2.00 bits per heavy atom. The predicted octanol–water partition coefficient (Wildman–Crippen LogP) is 3.08. The van der Waals surface area contributed by atoms with Gasteiger partial charge in [-0.3, -0.25) is 0 Å². The zero-order chi connectivity index (χ0) is 15.2. The van der Waals surface area contributed by atoms with Gasteiger partial charge in [-0.2, -0.15) is 13.2 Å². The molecule has 0 bridgehead atoms. The molecule has 0 fully saturated rings. The zero-order valence-electron chi connectivity index (χ0n) is 9.93. The summed E-state index contributed by atoms with van der Waals surface area (Å²) < 4.78 is 55.3. The number of aliphatic hydroxyl groups excluding tert-OH is 1. The van der Waals surface area contributed by atoms with Gasteiger partial charge in [-0.05, 0) is 22.4 Å². The van der Waals surface area contributed by atoms with E-state index in [1.165, 1.54) is 6.07 Å². The average molecular weight is 319 g/mol. The predicted molar refractivity (Wildman–Crippen MR) is 63.9 cm³/mol. The van der Waals surface area contributed by atoms with Gasteiger partial charge in [0.1, 0.15) is 10.5 Å². The molecule has 0 aliphatic heterocycles. The molecule has 0 saturated heterocycles. The molecule has 2 heterocycles. The van der Waals surface area contributed by atoms with E-state index < -0.39 is 18.1 Å². The number of fused-ring (bicyclic) bond motifs is 1. The SMILES string of the molecule is OC(c1cnc(-c2cc(F)c3nonc3c2)s1)C(F)(F)F. The third-order valence-electron chi connectivity index (χ3n) is 2.66. The van der Waals surface area contributed by atoms with Gasteiger partial charge < -0.3 is 5.11 Å². The Morgan fingerprint density at radius 3 is 2.71 bits per heavy atom. The standard InChI is InChI=1S/C11H5F4N3O2S/c12-5-1-4(2-6-8(5)18-20-17-6)10-16-3-7(21-10)9(19)11(13,14)15/h1-3,9,19H. The van der Waals surface area contributed by atoms with Crippen molar-refractivity contribution in [3.63, 3.8) is 0 Å². The summed E-state index contributed by atoms with van der Waals surface area (Å²) in [6.07, 6.45) is -6.50. The van der Waals surface area contributed by atoms with Crippen molar-refractivity contribution in [3.05, 3.63) is 29.0 Å². The third kappa shape index (κ3) is 2.47. The van der Waals surface area contributed by atoms with Crippen LogP contribution >= 0.6 is 11.3 Å². The van der Waals surface area contributed by atoms with Gasteiger partial charge in [-0.25, -0.2) is 14.0 Å². The summed E-state index contributed by atoms with van der Waals surface area (Å²) in [7, 11) is 0. The highest BCUT2D eigenvalue weighted by atomic mass is 32.1. The van der Waals surface area contributed by atoms with E-state index in [2.05, 4.69) is 19.9 Å². The molecule has 1 unspecified atom stereocenters. The Morgan fingerprint density at radius 1 is 1.24 bits per heavy atom. The molecule has 0 aliphatic rings. The van der Waals surface area contributed by atoms with Crippen molar-refractivity contribution in [1.29, 1.82) is 0 Å². The smallest absolute Gasteiger partial charge is 0.379 e. The lowest BCUT2D eigenvalue weighted by Crippen LogP contribution is -2.18. The first-order valence-electron chi connectivity index (χ1n) is 5.49. The number of halogens is 4. The fourth-order valence-corrected chi connectivity index (χ4v) is 2.60. The number of aromatic nitrogens is 3. The summed E-state index contributed by atoms with van der Waals surface area (Å²) in [5.74, 6) is -0.725. The molecule has 1 atom stereocenters. The maximum atomic E-state index is 13.7. The van der Waals surface area contributed by atoms with Crippen molar-refractivity contribution in [2.45, 2.75) is 12.3 Å². The molecule has 3 aromatic rings. The van der Waals surface area contributed by atoms with Crippen LogP contribution in [0.15, 0.2) is 23.0 Å². The van der Waals surface area contributed by atoms with Gasteiger partial charge in [0, 0.05) is 11.8 Å². The number of rotatable bonds is 2. The van der Waals surface area contributed by atoms with E-state index >= 15 is 0 Å². The zero-order valence-corrected chi connectivity index (χ0v) is 10.7. The number of thiazole rings is 1. The van der Waals surface area contributed by atoms with Crippen molar-refractivity contribution >= 4 is 22.4 Å². The molecule has 21 heavy (non-hydrogen) atoms. The van der Waals surface area contributed by atoms with Crippen LogP contribution in [0.25, 0.3) is 21.6 Å². The molecule has 3 rings (SSSR count). The first kappa shape index (κ1) is 13.9. The lowest BCUT2D eigenvalue weighted by molar-refractivity contribution is -0.205. The second-order valence-corrected chi connectivity index (χ2v) is 5.16. The van der Waals surface area contributed by atoms with Crippen LogP contribution in [0.3, 0.4) is 0 Å². The highest BCUT2D eigenvalue weighted by Gasteiger charge is 2.40. The minimum atomic E-state index is -4.78. The Labute approximate surface area is 117 Å². The highest BCUT2D eigenvalue weighted by molar-refractivity contribution is 7.15. The Kier molecular flexibility index (Phi) is 3.14. The Balaban J connectivity index is 2.02. The van der Waals surface area contributed by atoms with Crippen LogP contribution in [0, 0.1) is 5.82 Å². The van der Waals surface area contributed by atoms with Crippen LogP contribution in [-0.4, -0.2) is 26.6 Å². The number of benzene rings is 1. The molecule has 5 nitrogen and oxygen atoms in total. The second kappa shape index (κ2) is 4.74. The highest BCUT2D eigenvalue weighted by Crippen LogP contribution is 2.38. The molecule has 10 heteroatoms. The Bertz CT molecular complexity index is 798. The number of hydrogen-bond acceptors (Lipinski definition) is 6. The van der Waals surface area contributed by atoms with Gasteiger partial charge in [0.05, 0.1) is 4.88 Å². The van der Waals surface area contributed by atoms with Crippen molar-refractivity contribution in [3.8, 4) is 10.6 Å². The van der Waals surface area contributed by atoms with E-state index in [1.54, 1.807) is 0 Å². The number of aliphatic hydroxyl groups is 1. The summed E-state index contributed by atoms with van der Waals surface area (Å²) in [6.45, 7) is 0. The fourth-order valence-electron chi connectivity index (χ4n) is 1.68. The summed E-state index contributed by atoms with van der Waals surface area (Å²) in [5, 5.41) is 16.1. The number of alkyl halides is 3. The first-order chi connectivity index (χ1) is 9.86. The van der Waals surface area contributed by atoms with E-state index in [4.69, 9.17) is 5.11 Å². The molecule has 0 saturated carbocycles. The minimum absolute atomic E-state index is 0.0779. The molecule has 0 radical (unpaired) electrons. The first-order valence-corrected chi connectivity index (χ1v) is 6.30. The van der Waals surface area contributed by atoms with Crippen LogP contribution in [0.5, 0.6) is 0 Å². The number of hydrogen-bond donors (Lipinski definition) is 1. The van der Waals surface area contributed by atoms with Gasteiger partial charge in [-0.1, -0.05) is 0 Å². The summed E-state index contributed by atoms with van der Waals surface area (Å²) in [5.41, 5.74) is 0.269. The Hall–Kier alpha value is -2.07. The summed E-state index contributed by atoms with van der Waals surface area (Å²) in [4.78, 5) is 3.39. The van der Waals surface area contributed by atoms with Gasteiger partial charge in [0.15, 0.2) is 17.4 Å². The topological polar surface area (TPSA) is 72.0 Å². The van der Waals surface area contributed by atoms with Crippen molar-refractivity contribution in [2.24, 2.45) is 0 Å². The largest absolute Gasteiger partial charge is 0.419 e. The van der Waals surface area contributed by atoms with E-state index in [0.29, 0.717) is 11.3 Å². The molecule has 2 aromatic heterocycles. The summed E-state index contributed by atoms with van der Waals surface area (Å²) >= 11 is 0.614. The van der Waals surface area contributed by atoms with Gasteiger partial charge in [-0.15, -0.1) is 11.3 Å². The minimum Gasteiger partial charge on any atom is -0.379 e. The normalized spacial score (nSPS) is 13.8. The maximum absolute atomic E-state index is 13.7. The fraction of sp³-hybridized carbons (Fsp3) is 0.182. The molecular formula is C11H5F4N3O2S. The molecule has 0 aliphatic carbocycles. The quantitative estimate of drug-likeness (QED) is 0.735. The van der Waals surface area contributed by atoms with E-state index in [0.717, 1.165) is 12.3 Å². The molecule has 0 amide bonds.